The lowest BCUT2D eigenvalue weighted by Gasteiger charge is -2.14. The van der Waals surface area contributed by atoms with Crippen molar-refractivity contribution >= 4 is 21.4 Å². The van der Waals surface area contributed by atoms with Gasteiger partial charge < -0.3 is 5.32 Å². The first kappa shape index (κ1) is 13.3. The van der Waals surface area contributed by atoms with E-state index in [0.717, 1.165) is 22.2 Å². The molecule has 0 fully saturated rings. The van der Waals surface area contributed by atoms with E-state index in [1.165, 1.54) is 10.9 Å². The van der Waals surface area contributed by atoms with Gasteiger partial charge in [0.05, 0.1) is 12.2 Å². The number of fused-ring (bicyclic) bond motifs is 1. The molecule has 0 saturated heterocycles. The summed E-state index contributed by atoms with van der Waals surface area (Å²) in [6.07, 6.45) is 3.89. The van der Waals surface area contributed by atoms with Gasteiger partial charge in [0.25, 0.3) is 0 Å². The Bertz CT molecular complexity index is 732. The zero-order chi connectivity index (χ0) is 14.1. The van der Waals surface area contributed by atoms with E-state index in [2.05, 4.69) is 23.4 Å². The second kappa shape index (κ2) is 5.34. The number of halogens is 1. The molecule has 0 bridgehead atoms. The molecule has 0 amide bonds. The smallest absolute Gasteiger partial charge is 0.123 e. The van der Waals surface area contributed by atoms with Gasteiger partial charge in [-0.2, -0.15) is 5.10 Å². The van der Waals surface area contributed by atoms with Crippen LogP contribution in [0.3, 0.4) is 0 Å². The number of rotatable bonds is 4. The zero-order valence-corrected chi connectivity index (χ0v) is 12.2. The molecule has 2 aromatic heterocycles. The SMILES string of the molecule is CCNC(c1cnn(C)c1)c1cc2cc(F)ccc2s1. The van der Waals surface area contributed by atoms with Crippen LogP contribution in [0.5, 0.6) is 0 Å². The van der Waals surface area contributed by atoms with Gasteiger partial charge in [-0.25, -0.2) is 4.39 Å². The third-order valence-electron chi connectivity index (χ3n) is 3.25. The molecule has 1 N–H and O–H groups in total. The maximum atomic E-state index is 13.3. The van der Waals surface area contributed by atoms with Crippen molar-refractivity contribution in [3.8, 4) is 0 Å². The Hall–Kier alpha value is -1.72. The predicted molar refractivity (Wildman–Crippen MR) is 80.5 cm³/mol. The second-order valence-corrected chi connectivity index (χ2v) is 5.88. The van der Waals surface area contributed by atoms with Gasteiger partial charge >= 0.3 is 0 Å². The maximum absolute atomic E-state index is 13.3. The standard InChI is InChI=1S/C15H16FN3S/c1-3-17-15(11-8-18-19(2)9-11)14-7-10-6-12(16)4-5-13(10)20-14/h4-9,15,17H,3H2,1-2H3. The molecule has 5 heteroatoms. The van der Waals surface area contributed by atoms with Crippen LogP contribution in [-0.2, 0) is 7.05 Å². The summed E-state index contributed by atoms with van der Waals surface area (Å²) in [7, 11) is 1.91. The van der Waals surface area contributed by atoms with Crippen molar-refractivity contribution in [2.75, 3.05) is 6.54 Å². The van der Waals surface area contributed by atoms with Crippen LogP contribution in [0.2, 0.25) is 0 Å². The molecule has 0 spiro atoms. The van der Waals surface area contributed by atoms with Gasteiger partial charge in [-0.05, 0) is 36.2 Å². The fraction of sp³-hybridized carbons (Fsp3) is 0.267. The molecule has 1 aromatic carbocycles. The van der Waals surface area contributed by atoms with Gasteiger partial charge in [-0.3, -0.25) is 4.68 Å². The van der Waals surface area contributed by atoms with Crippen LogP contribution in [0, 0.1) is 5.82 Å². The van der Waals surface area contributed by atoms with Crippen LogP contribution < -0.4 is 5.32 Å². The van der Waals surface area contributed by atoms with Gasteiger partial charge in [0, 0.05) is 28.4 Å². The number of hydrogen-bond acceptors (Lipinski definition) is 3. The van der Waals surface area contributed by atoms with Gasteiger partial charge in [0.2, 0.25) is 0 Å². The van der Waals surface area contributed by atoms with Gasteiger partial charge in [0.15, 0.2) is 0 Å². The highest BCUT2D eigenvalue weighted by molar-refractivity contribution is 7.19. The number of thiophene rings is 1. The van der Waals surface area contributed by atoms with Crippen LogP contribution >= 0.6 is 11.3 Å². The molecule has 2 heterocycles. The van der Waals surface area contributed by atoms with E-state index in [9.17, 15) is 4.39 Å². The molecule has 0 radical (unpaired) electrons. The quantitative estimate of drug-likeness (QED) is 0.797. The highest BCUT2D eigenvalue weighted by Crippen LogP contribution is 2.33. The molecule has 0 aliphatic rings. The molecule has 20 heavy (non-hydrogen) atoms. The largest absolute Gasteiger partial charge is 0.306 e. The van der Waals surface area contributed by atoms with E-state index in [1.54, 1.807) is 22.1 Å². The first-order valence-electron chi connectivity index (χ1n) is 6.58. The Morgan fingerprint density at radius 2 is 2.25 bits per heavy atom. The molecule has 0 aliphatic heterocycles. The average molecular weight is 289 g/mol. The second-order valence-electron chi connectivity index (χ2n) is 4.77. The number of aromatic nitrogens is 2. The highest BCUT2D eigenvalue weighted by atomic mass is 32.1. The third kappa shape index (κ3) is 2.46. The number of benzene rings is 1. The summed E-state index contributed by atoms with van der Waals surface area (Å²) in [5.41, 5.74) is 1.13. The minimum Gasteiger partial charge on any atom is -0.306 e. The van der Waals surface area contributed by atoms with E-state index in [4.69, 9.17) is 0 Å². The Kier molecular flexibility index (Phi) is 3.54. The van der Waals surface area contributed by atoms with Crippen molar-refractivity contribution in [2.24, 2.45) is 7.05 Å². The van der Waals surface area contributed by atoms with E-state index in [1.807, 2.05) is 25.5 Å². The fourth-order valence-electron chi connectivity index (χ4n) is 2.35. The summed E-state index contributed by atoms with van der Waals surface area (Å²) in [6.45, 7) is 2.94. The van der Waals surface area contributed by atoms with E-state index in [0.29, 0.717) is 0 Å². The maximum Gasteiger partial charge on any atom is 0.123 e. The third-order valence-corrected chi connectivity index (χ3v) is 4.43. The number of nitrogens with one attached hydrogen (secondary N) is 1. The van der Waals surface area contributed by atoms with E-state index >= 15 is 0 Å². The Labute approximate surface area is 121 Å². The summed E-state index contributed by atoms with van der Waals surface area (Å²) in [6, 6.07) is 7.10. The Morgan fingerprint density at radius 3 is 2.95 bits per heavy atom. The summed E-state index contributed by atoms with van der Waals surface area (Å²) in [4.78, 5) is 1.18. The minimum atomic E-state index is -0.191. The fourth-order valence-corrected chi connectivity index (χ4v) is 3.50. The predicted octanol–water partition coefficient (Wildman–Crippen LogP) is 3.47. The molecule has 0 saturated carbocycles. The minimum absolute atomic E-state index is 0.106. The lowest BCUT2D eigenvalue weighted by atomic mass is 10.1. The molecule has 3 nitrogen and oxygen atoms in total. The molecular formula is C15H16FN3S. The first-order chi connectivity index (χ1) is 9.67. The van der Waals surface area contributed by atoms with Gasteiger partial charge in [-0.15, -0.1) is 11.3 Å². The monoisotopic (exact) mass is 289 g/mol. The average Bonchev–Trinajstić information content (AvgIpc) is 3.01. The molecule has 3 aromatic rings. The van der Waals surface area contributed by atoms with Crippen LogP contribution in [0.25, 0.3) is 10.1 Å². The Balaban J connectivity index is 2.04. The number of hydrogen-bond donors (Lipinski definition) is 1. The van der Waals surface area contributed by atoms with Crippen molar-refractivity contribution in [1.82, 2.24) is 15.1 Å². The summed E-state index contributed by atoms with van der Waals surface area (Å²) in [5, 5.41) is 8.66. The topological polar surface area (TPSA) is 29.9 Å². The zero-order valence-electron chi connectivity index (χ0n) is 11.4. The van der Waals surface area contributed by atoms with Crippen LogP contribution in [0.4, 0.5) is 4.39 Å². The molecule has 1 atom stereocenters. The molecule has 0 aliphatic carbocycles. The number of nitrogens with zero attached hydrogens (tertiary/aromatic N) is 2. The molecule has 104 valence electrons. The summed E-state index contributed by atoms with van der Waals surface area (Å²) < 4.78 is 16.2. The molecular weight excluding hydrogens is 273 g/mol. The molecule has 3 rings (SSSR count). The van der Waals surface area contributed by atoms with Gasteiger partial charge in [0.1, 0.15) is 5.82 Å². The van der Waals surface area contributed by atoms with E-state index < -0.39 is 0 Å². The highest BCUT2D eigenvalue weighted by Gasteiger charge is 2.17. The summed E-state index contributed by atoms with van der Waals surface area (Å²) >= 11 is 1.69. The number of aryl methyl sites for hydroxylation is 1. The lowest BCUT2D eigenvalue weighted by Crippen LogP contribution is -2.20. The van der Waals surface area contributed by atoms with Crippen molar-refractivity contribution in [1.29, 1.82) is 0 Å². The van der Waals surface area contributed by atoms with Crippen molar-refractivity contribution in [3.05, 3.63) is 52.9 Å². The van der Waals surface area contributed by atoms with Crippen molar-refractivity contribution in [2.45, 2.75) is 13.0 Å². The van der Waals surface area contributed by atoms with Crippen LogP contribution in [-0.4, -0.2) is 16.3 Å². The van der Waals surface area contributed by atoms with Crippen LogP contribution in [0.1, 0.15) is 23.4 Å². The Morgan fingerprint density at radius 1 is 1.40 bits per heavy atom. The van der Waals surface area contributed by atoms with Crippen LogP contribution in [0.15, 0.2) is 36.7 Å². The van der Waals surface area contributed by atoms with Crippen molar-refractivity contribution in [3.63, 3.8) is 0 Å². The molecule has 1 unspecified atom stereocenters. The first-order valence-corrected chi connectivity index (χ1v) is 7.40. The normalized spacial score (nSPS) is 12.9. The van der Waals surface area contributed by atoms with Crippen molar-refractivity contribution < 1.29 is 4.39 Å². The lowest BCUT2D eigenvalue weighted by molar-refractivity contribution is 0.629. The van der Waals surface area contributed by atoms with E-state index in [-0.39, 0.29) is 11.9 Å². The van der Waals surface area contributed by atoms with Gasteiger partial charge in [-0.1, -0.05) is 6.92 Å². The summed E-state index contributed by atoms with van der Waals surface area (Å²) in [5.74, 6) is -0.191.